The maximum absolute atomic E-state index is 12.8. The molecule has 1 amide bonds. The first-order valence-corrected chi connectivity index (χ1v) is 6.65. The van der Waals surface area contributed by atoms with Crippen LogP contribution in [-0.4, -0.2) is 5.91 Å². The number of hydrogen-bond donors (Lipinski definition) is 1. The Morgan fingerprint density at radius 1 is 0.875 bits per heavy atom. The summed E-state index contributed by atoms with van der Waals surface area (Å²) in [5.74, 6) is -0.791. The first-order valence-electron chi connectivity index (χ1n) is 6.65. The van der Waals surface area contributed by atoms with Crippen LogP contribution in [0.25, 0.3) is 0 Å². The van der Waals surface area contributed by atoms with Crippen molar-refractivity contribution in [1.29, 1.82) is 0 Å². The Hall–Kier alpha value is -2.51. The summed E-state index contributed by atoms with van der Waals surface area (Å²) in [5.41, 5.74) is -2.86. The van der Waals surface area contributed by atoms with Crippen LogP contribution in [0.2, 0.25) is 0 Å². The zero-order chi connectivity index (χ0) is 18.1. The van der Waals surface area contributed by atoms with Crippen LogP contribution in [0.15, 0.2) is 42.5 Å². The van der Waals surface area contributed by atoms with Gasteiger partial charge in [-0.1, -0.05) is 18.2 Å². The topological polar surface area (TPSA) is 29.1 Å². The van der Waals surface area contributed by atoms with Crippen LogP contribution >= 0.6 is 0 Å². The summed E-state index contributed by atoms with van der Waals surface area (Å²) in [7, 11) is 0. The Balaban J connectivity index is 2.43. The van der Waals surface area contributed by atoms with Crippen molar-refractivity contribution in [3.05, 3.63) is 64.7 Å². The number of rotatable bonds is 2. The first-order chi connectivity index (χ1) is 11.0. The molecule has 128 valence electrons. The highest BCUT2D eigenvalue weighted by atomic mass is 19.4. The molecule has 0 aromatic heterocycles. The van der Waals surface area contributed by atoms with E-state index in [1.807, 2.05) is 0 Å². The Bertz CT molecular complexity index is 732. The molecule has 0 aliphatic rings. The molecule has 0 heterocycles. The fourth-order valence-corrected chi connectivity index (χ4v) is 2.05. The summed E-state index contributed by atoms with van der Waals surface area (Å²) in [6.45, 7) is 1.60. The quantitative estimate of drug-likeness (QED) is 0.736. The molecule has 0 unspecified atom stereocenters. The highest BCUT2D eigenvalue weighted by Crippen LogP contribution is 2.37. The molecule has 0 radical (unpaired) electrons. The first kappa shape index (κ1) is 17.8. The number of nitrogens with one attached hydrogen (secondary N) is 1. The molecule has 0 aliphatic heterocycles. The molecular weight excluding hydrogens is 336 g/mol. The van der Waals surface area contributed by atoms with Crippen molar-refractivity contribution in [2.75, 3.05) is 5.32 Å². The summed E-state index contributed by atoms with van der Waals surface area (Å²) < 4.78 is 76.7. The van der Waals surface area contributed by atoms with Crippen molar-refractivity contribution >= 4 is 11.6 Å². The van der Waals surface area contributed by atoms with E-state index in [-0.39, 0.29) is 11.6 Å². The Labute approximate surface area is 133 Å². The molecule has 0 saturated carbocycles. The molecule has 2 rings (SSSR count). The van der Waals surface area contributed by atoms with Gasteiger partial charge in [-0.3, -0.25) is 4.79 Å². The molecule has 0 fully saturated rings. The lowest BCUT2D eigenvalue weighted by atomic mass is 10.1. The number of halogens is 6. The molecule has 24 heavy (non-hydrogen) atoms. The Morgan fingerprint density at radius 3 is 1.83 bits per heavy atom. The van der Waals surface area contributed by atoms with Gasteiger partial charge in [-0.25, -0.2) is 0 Å². The lowest BCUT2D eigenvalue weighted by molar-refractivity contribution is -0.143. The summed E-state index contributed by atoms with van der Waals surface area (Å²) in [5, 5.41) is 2.09. The van der Waals surface area contributed by atoms with E-state index in [2.05, 4.69) is 5.32 Å². The standard InChI is InChI=1S/C16H11F6NO/c1-9-4-2-3-5-13(9)14(24)23-12-7-10(15(17,18)19)6-11(8-12)16(20,21)22/h2-8H,1H3,(H,23,24). The molecule has 2 aromatic rings. The van der Waals surface area contributed by atoms with Gasteiger partial charge in [0, 0.05) is 11.3 Å². The van der Waals surface area contributed by atoms with Crippen LogP contribution in [0.4, 0.5) is 32.0 Å². The average Bonchev–Trinajstić information content (AvgIpc) is 2.45. The van der Waals surface area contributed by atoms with Gasteiger partial charge in [0.15, 0.2) is 0 Å². The number of benzene rings is 2. The number of aryl methyl sites for hydroxylation is 1. The molecule has 2 nitrogen and oxygen atoms in total. The van der Waals surface area contributed by atoms with Crippen LogP contribution in [0, 0.1) is 6.92 Å². The van der Waals surface area contributed by atoms with Gasteiger partial charge in [0.25, 0.3) is 5.91 Å². The second-order valence-electron chi connectivity index (χ2n) is 5.06. The maximum Gasteiger partial charge on any atom is 0.416 e. The van der Waals surface area contributed by atoms with Gasteiger partial charge < -0.3 is 5.32 Å². The van der Waals surface area contributed by atoms with Gasteiger partial charge in [-0.2, -0.15) is 26.3 Å². The fourth-order valence-electron chi connectivity index (χ4n) is 2.05. The number of carbonyl (C=O) groups excluding carboxylic acids is 1. The maximum atomic E-state index is 12.8. The monoisotopic (exact) mass is 347 g/mol. The number of alkyl halides is 6. The van der Waals surface area contributed by atoms with E-state index >= 15 is 0 Å². The van der Waals surface area contributed by atoms with E-state index in [1.54, 1.807) is 19.1 Å². The molecule has 2 aromatic carbocycles. The minimum absolute atomic E-state index is 0.00340. The fraction of sp³-hybridized carbons (Fsp3) is 0.188. The lowest BCUT2D eigenvalue weighted by Crippen LogP contribution is -2.16. The third kappa shape index (κ3) is 4.06. The second kappa shape index (κ2) is 6.18. The third-order valence-corrected chi connectivity index (χ3v) is 3.24. The van der Waals surface area contributed by atoms with Gasteiger partial charge in [-0.15, -0.1) is 0 Å². The van der Waals surface area contributed by atoms with Crippen molar-refractivity contribution in [3.8, 4) is 0 Å². The number of hydrogen-bond acceptors (Lipinski definition) is 1. The molecule has 8 heteroatoms. The number of amides is 1. The molecule has 0 atom stereocenters. The van der Waals surface area contributed by atoms with Gasteiger partial charge in [0.1, 0.15) is 0 Å². The van der Waals surface area contributed by atoms with Crippen LogP contribution in [-0.2, 0) is 12.4 Å². The normalized spacial score (nSPS) is 12.1. The third-order valence-electron chi connectivity index (χ3n) is 3.24. The zero-order valence-corrected chi connectivity index (χ0v) is 12.2. The van der Waals surface area contributed by atoms with Crippen LogP contribution in [0.3, 0.4) is 0 Å². The average molecular weight is 347 g/mol. The summed E-state index contributed by atoms with van der Waals surface area (Å²) in [6.07, 6.45) is -9.94. The van der Waals surface area contributed by atoms with Crippen molar-refractivity contribution in [2.45, 2.75) is 19.3 Å². The van der Waals surface area contributed by atoms with Crippen molar-refractivity contribution in [1.82, 2.24) is 0 Å². The number of carbonyl (C=O) groups is 1. The van der Waals surface area contributed by atoms with Crippen LogP contribution in [0.5, 0.6) is 0 Å². The van der Waals surface area contributed by atoms with Gasteiger partial charge in [0.2, 0.25) is 0 Å². The molecule has 0 aliphatic carbocycles. The Kier molecular flexibility index (Phi) is 4.59. The summed E-state index contributed by atoms with van der Waals surface area (Å²) >= 11 is 0. The van der Waals surface area contributed by atoms with E-state index in [9.17, 15) is 31.1 Å². The molecule has 1 N–H and O–H groups in total. The lowest BCUT2D eigenvalue weighted by Gasteiger charge is -2.15. The largest absolute Gasteiger partial charge is 0.416 e. The minimum Gasteiger partial charge on any atom is -0.322 e. The molecular formula is C16H11F6NO. The van der Waals surface area contributed by atoms with Gasteiger partial charge >= 0.3 is 12.4 Å². The Morgan fingerprint density at radius 2 is 1.38 bits per heavy atom. The van der Waals surface area contributed by atoms with Crippen LogP contribution in [0.1, 0.15) is 27.0 Å². The predicted octanol–water partition coefficient (Wildman–Crippen LogP) is 5.28. The predicted molar refractivity (Wildman–Crippen MR) is 75.6 cm³/mol. The summed E-state index contributed by atoms with van der Waals surface area (Å²) in [4.78, 5) is 12.1. The van der Waals surface area contributed by atoms with Crippen molar-refractivity contribution < 1.29 is 31.1 Å². The van der Waals surface area contributed by atoms with Gasteiger partial charge in [0.05, 0.1) is 11.1 Å². The molecule has 0 bridgehead atoms. The van der Waals surface area contributed by atoms with E-state index < -0.39 is 35.1 Å². The van der Waals surface area contributed by atoms with Crippen molar-refractivity contribution in [2.24, 2.45) is 0 Å². The van der Waals surface area contributed by atoms with E-state index in [1.165, 1.54) is 12.1 Å². The highest BCUT2D eigenvalue weighted by Gasteiger charge is 2.37. The van der Waals surface area contributed by atoms with E-state index in [4.69, 9.17) is 0 Å². The van der Waals surface area contributed by atoms with Crippen LogP contribution < -0.4 is 5.32 Å². The number of anilines is 1. The highest BCUT2D eigenvalue weighted by molar-refractivity contribution is 6.05. The zero-order valence-electron chi connectivity index (χ0n) is 12.2. The minimum atomic E-state index is -4.97. The summed E-state index contributed by atoms with van der Waals surface area (Å²) in [6, 6.07) is 7.14. The SMILES string of the molecule is Cc1ccccc1C(=O)Nc1cc(C(F)(F)F)cc(C(F)(F)F)c1. The smallest absolute Gasteiger partial charge is 0.322 e. The molecule has 0 saturated heterocycles. The van der Waals surface area contributed by atoms with E-state index in [0.29, 0.717) is 17.7 Å². The van der Waals surface area contributed by atoms with E-state index in [0.717, 1.165) is 0 Å². The second-order valence-corrected chi connectivity index (χ2v) is 5.06. The molecule has 0 spiro atoms. The van der Waals surface area contributed by atoms with Crippen molar-refractivity contribution in [3.63, 3.8) is 0 Å². The van der Waals surface area contributed by atoms with Gasteiger partial charge in [-0.05, 0) is 36.8 Å².